The second-order valence-electron chi connectivity index (χ2n) is 9.34. The fourth-order valence-corrected chi connectivity index (χ4v) is 5.96. The Kier molecular flexibility index (Phi) is 6.89. The first-order chi connectivity index (χ1) is 16.6. The lowest BCUT2D eigenvalue weighted by Crippen LogP contribution is -2.37. The van der Waals surface area contributed by atoms with E-state index < -0.39 is 15.6 Å². The summed E-state index contributed by atoms with van der Waals surface area (Å²) in [5.74, 6) is 0.381. The van der Waals surface area contributed by atoms with Gasteiger partial charge in [-0.05, 0) is 68.9 Å². The average Bonchev–Trinajstić information content (AvgIpc) is 3.08. The lowest BCUT2D eigenvalue weighted by molar-refractivity contribution is 0.0922. The third-order valence-electron chi connectivity index (χ3n) is 6.94. The van der Waals surface area contributed by atoms with Crippen molar-refractivity contribution in [1.29, 1.82) is 0 Å². The van der Waals surface area contributed by atoms with E-state index in [1.807, 2.05) is 18.2 Å². The van der Waals surface area contributed by atoms with Gasteiger partial charge in [0.05, 0.1) is 16.3 Å². The Morgan fingerprint density at radius 3 is 2.34 bits per heavy atom. The minimum Gasteiger partial charge on any atom is -0.349 e. The first-order valence-corrected chi connectivity index (χ1v) is 13.3. The van der Waals surface area contributed by atoms with Crippen LogP contribution < -0.4 is 15.2 Å². The molecule has 0 aliphatic heterocycles. The molecule has 186 valence electrons. The molecule has 0 saturated heterocycles. The van der Waals surface area contributed by atoms with Crippen LogP contribution in [0.25, 0.3) is 5.69 Å². The van der Waals surface area contributed by atoms with E-state index in [0.29, 0.717) is 17.3 Å². The lowest BCUT2D eigenvalue weighted by atomic mass is 9.87. The zero-order valence-electron chi connectivity index (χ0n) is 20.6. The van der Waals surface area contributed by atoms with Crippen molar-refractivity contribution in [1.82, 2.24) is 14.7 Å². The van der Waals surface area contributed by atoms with Crippen molar-refractivity contribution in [2.24, 2.45) is 13.0 Å². The normalized spacial score (nSPS) is 18.3. The molecule has 3 aromatic rings. The van der Waals surface area contributed by atoms with Gasteiger partial charge in [0.25, 0.3) is 21.5 Å². The monoisotopic (exact) mass is 496 g/mol. The second-order valence-corrected chi connectivity index (χ2v) is 11.3. The second kappa shape index (κ2) is 9.73. The van der Waals surface area contributed by atoms with Crippen LogP contribution in [0.1, 0.15) is 48.7 Å². The Hall–Kier alpha value is -3.33. The maximum Gasteiger partial charge on any atom is 0.296 e. The number of carbonyl (C=O) groups excluding carboxylic acids is 1. The van der Waals surface area contributed by atoms with Crippen LogP contribution >= 0.6 is 0 Å². The highest BCUT2D eigenvalue weighted by molar-refractivity contribution is 7.92. The zero-order chi connectivity index (χ0) is 25.3. The van der Waals surface area contributed by atoms with Crippen molar-refractivity contribution in [2.75, 3.05) is 11.4 Å². The van der Waals surface area contributed by atoms with Crippen LogP contribution in [0, 0.1) is 12.8 Å². The summed E-state index contributed by atoms with van der Waals surface area (Å²) in [7, 11) is -1.01. The van der Waals surface area contributed by atoms with E-state index in [0.717, 1.165) is 30.0 Å². The van der Waals surface area contributed by atoms with Crippen LogP contribution in [0.5, 0.6) is 0 Å². The van der Waals surface area contributed by atoms with Crippen molar-refractivity contribution in [2.45, 2.75) is 50.5 Å². The Balaban J connectivity index is 1.63. The molecule has 0 radical (unpaired) electrons. The number of hydrogen-bond donors (Lipinski definition) is 1. The van der Waals surface area contributed by atoms with Crippen molar-refractivity contribution in [3.63, 3.8) is 0 Å². The highest BCUT2D eigenvalue weighted by atomic mass is 32.2. The molecule has 0 spiro atoms. The van der Waals surface area contributed by atoms with Crippen molar-refractivity contribution < 1.29 is 13.2 Å². The SMILES string of the molecule is Cc1c(N(C)S(=O)(=O)c2cccc(C(=O)NC3CCC(C)CC3)c2)c(=O)n(-c2ccccc2)n1C. The minimum atomic E-state index is -4.09. The number of hydrogen-bond acceptors (Lipinski definition) is 4. The topological polar surface area (TPSA) is 93.4 Å². The molecule has 1 aromatic heterocycles. The summed E-state index contributed by atoms with van der Waals surface area (Å²) in [4.78, 5) is 26.1. The molecule has 1 heterocycles. The predicted octanol–water partition coefficient (Wildman–Crippen LogP) is 3.62. The maximum atomic E-state index is 13.5. The fourth-order valence-electron chi connectivity index (χ4n) is 4.67. The van der Waals surface area contributed by atoms with Crippen LogP contribution in [0.3, 0.4) is 0 Å². The van der Waals surface area contributed by atoms with Gasteiger partial charge in [-0.25, -0.2) is 13.1 Å². The molecular formula is C26H32N4O4S. The number of anilines is 1. The van der Waals surface area contributed by atoms with Gasteiger partial charge in [0.1, 0.15) is 5.69 Å². The zero-order valence-corrected chi connectivity index (χ0v) is 21.4. The van der Waals surface area contributed by atoms with E-state index in [4.69, 9.17) is 0 Å². The Labute approximate surface area is 206 Å². The number of nitrogens with one attached hydrogen (secondary N) is 1. The highest BCUT2D eigenvalue weighted by Crippen LogP contribution is 2.26. The van der Waals surface area contributed by atoms with Crippen molar-refractivity contribution in [3.05, 3.63) is 76.2 Å². The quantitative estimate of drug-likeness (QED) is 0.564. The minimum absolute atomic E-state index is 0.0427. The Morgan fingerprint density at radius 2 is 1.69 bits per heavy atom. The van der Waals surface area contributed by atoms with E-state index in [2.05, 4.69) is 12.2 Å². The fraction of sp³-hybridized carbons (Fsp3) is 0.385. The molecule has 8 nitrogen and oxygen atoms in total. The summed E-state index contributed by atoms with van der Waals surface area (Å²) < 4.78 is 31.1. The third kappa shape index (κ3) is 4.77. The van der Waals surface area contributed by atoms with Gasteiger partial charge in [-0.15, -0.1) is 0 Å². The molecule has 2 aromatic carbocycles. The number of rotatable bonds is 6. The summed E-state index contributed by atoms with van der Waals surface area (Å²) in [5.41, 5.74) is 1.04. The largest absolute Gasteiger partial charge is 0.349 e. The standard InChI is InChI=1S/C26H32N4O4S/c1-18-13-15-21(16-14-18)27-25(31)20-9-8-12-23(17-20)35(33,34)29(4)24-19(2)28(3)30(26(24)32)22-10-6-5-7-11-22/h5-12,17-18,21H,13-16H2,1-4H3,(H,27,31). The van der Waals surface area contributed by atoms with Crippen molar-refractivity contribution in [3.8, 4) is 5.69 Å². The molecule has 4 rings (SSSR count). The van der Waals surface area contributed by atoms with Crippen LogP contribution in [-0.4, -0.2) is 36.8 Å². The summed E-state index contributed by atoms with van der Waals surface area (Å²) in [6, 6.07) is 15.1. The van der Waals surface area contributed by atoms with E-state index in [9.17, 15) is 18.0 Å². The lowest BCUT2D eigenvalue weighted by Gasteiger charge is -2.27. The molecular weight excluding hydrogens is 464 g/mol. The molecule has 1 fully saturated rings. The molecule has 9 heteroatoms. The van der Waals surface area contributed by atoms with Gasteiger partial charge < -0.3 is 5.32 Å². The molecule has 1 N–H and O–H groups in total. The van der Waals surface area contributed by atoms with E-state index >= 15 is 0 Å². The van der Waals surface area contributed by atoms with Gasteiger partial charge in [-0.1, -0.05) is 31.2 Å². The van der Waals surface area contributed by atoms with Gasteiger partial charge >= 0.3 is 0 Å². The Bertz CT molecular complexity index is 1380. The van der Waals surface area contributed by atoms with Gasteiger partial charge in [0, 0.05) is 25.7 Å². The van der Waals surface area contributed by atoms with Crippen LogP contribution in [0.2, 0.25) is 0 Å². The van der Waals surface area contributed by atoms with Gasteiger partial charge in [0.15, 0.2) is 0 Å². The number of para-hydroxylation sites is 1. The maximum absolute atomic E-state index is 13.5. The average molecular weight is 497 g/mol. The molecule has 0 unspecified atom stereocenters. The van der Waals surface area contributed by atoms with Crippen molar-refractivity contribution >= 4 is 21.6 Å². The number of aromatic nitrogens is 2. The van der Waals surface area contributed by atoms with E-state index in [1.165, 1.54) is 23.9 Å². The molecule has 35 heavy (non-hydrogen) atoms. The summed E-state index contributed by atoms with van der Waals surface area (Å²) in [6.45, 7) is 3.92. The number of amides is 1. The van der Waals surface area contributed by atoms with Crippen LogP contribution in [-0.2, 0) is 17.1 Å². The van der Waals surface area contributed by atoms with Gasteiger partial charge in [0.2, 0.25) is 0 Å². The number of carbonyl (C=O) groups is 1. The first kappa shape index (κ1) is 24.8. The molecule has 0 bridgehead atoms. The molecule has 1 aliphatic carbocycles. The van der Waals surface area contributed by atoms with Gasteiger partial charge in [-0.2, -0.15) is 0 Å². The number of benzene rings is 2. The molecule has 1 aliphatic rings. The molecule has 0 atom stereocenters. The van der Waals surface area contributed by atoms with Crippen LogP contribution in [0.4, 0.5) is 5.69 Å². The predicted molar refractivity (Wildman–Crippen MR) is 137 cm³/mol. The third-order valence-corrected chi connectivity index (χ3v) is 8.70. The van der Waals surface area contributed by atoms with E-state index in [-0.39, 0.29) is 28.1 Å². The summed E-state index contributed by atoms with van der Waals surface area (Å²) in [5, 5.41) is 3.04. The smallest absolute Gasteiger partial charge is 0.296 e. The molecule has 1 saturated carbocycles. The van der Waals surface area contributed by atoms with E-state index in [1.54, 1.807) is 42.9 Å². The van der Waals surface area contributed by atoms with Crippen LogP contribution in [0.15, 0.2) is 64.3 Å². The summed E-state index contributed by atoms with van der Waals surface area (Å²) >= 11 is 0. The molecule has 1 amide bonds. The number of nitrogens with zero attached hydrogens (tertiary/aromatic N) is 3. The Morgan fingerprint density at radius 1 is 1.03 bits per heavy atom. The summed E-state index contributed by atoms with van der Waals surface area (Å²) in [6.07, 6.45) is 3.99. The first-order valence-electron chi connectivity index (χ1n) is 11.8. The number of sulfonamides is 1. The highest BCUT2D eigenvalue weighted by Gasteiger charge is 2.29. The van der Waals surface area contributed by atoms with Gasteiger partial charge in [-0.3, -0.25) is 18.6 Å².